The SMILES string of the molecule is c1ccc(-c2cc(N3CCOCCOCCOCCOCCOCC3)cc(-c3ccccn3)n2)nc1. The van der Waals surface area contributed by atoms with Crippen LogP contribution in [0.2, 0.25) is 0 Å². The number of anilines is 1. The Morgan fingerprint density at radius 3 is 1.31 bits per heavy atom. The molecule has 3 aromatic rings. The maximum Gasteiger partial charge on any atom is 0.0914 e. The molecule has 0 N–H and O–H groups in total. The molecule has 36 heavy (non-hydrogen) atoms. The highest BCUT2D eigenvalue weighted by atomic mass is 16.6. The quantitative estimate of drug-likeness (QED) is 0.545. The van der Waals surface area contributed by atoms with E-state index < -0.39 is 0 Å². The highest BCUT2D eigenvalue weighted by Crippen LogP contribution is 2.27. The lowest BCUT2D eigenvalue weighted by Crippen LogP contribution is -2.32. The molecule has 9 heteroatoms. The number of hydrogen-bond donors (Lipinski definition) is 0. The third-order valence-electron chi connectivity index (χ3n) is 5.53. The molecule has 9 nitrogen and oxygen atoms in total. The molecule has 0 unspecified atom stereocenters. The van der Waals surface area contributed by atoms with E-state index >= 15 is 0 Å². The third kappa shape index (κ3) is 8.61. The smallest absolute Gasteiger partial charge is 0.0914 e. The van der Waals surface area contributed by atoms with Gasteiger partial charge in [0, 0.05) is 31.2 Å². The van der Waals surface area contributed by atoms with Gasteiger partial charge in [0.15, 0.2) is 0 Å². The molecule has 0 atom stereocenters. The largest absolute Gasteiger partial charge is 0.377 e. The lowest BCUT2D eigenvalue weighted by molar-refractivity contribution is -0.0116. The average Bonchev–Trinajstić information content (AvgIpc) is 2.94. The van der Waals surface area contributed by atoms with Crippen LogP contribution in [-0.2, 0) is 23.7 Å². The van der Waals surface area contributed by atoms with Gasteiger partial charge in [0.1, 0.15) is 0 Å². The normalized spacial score (nSPS) is 17.7. The topological polar surface area (TPSA) is 88.1 Å². The van der Waals surface area contributed by atoms with Crippen molar-refractivity contribution < 1.29 is 23.7 Å². The lowest BCUT2D eigenvalue weighted by Gasteiger charge is -2.26. The third-order valence-corrected chi connectivity index (χ3v) is 5.53. The van der Waals surface area contributed by atoms with Gasteiger partial charge in [-0.2, -0.15) is 0 Å². The molecule has 0 amide bonds. The zero-order chi connectivity index (χ0) is 24.7. The van der Waals surface area contributed by atoms with Crippen LogP contribution in [0, 0.1) is 0 Å². The maximum absolute atomic E-state index is 5.85. The molecule has 1 aliphatic heterocycles. The number of aromatic nitrogens is 3. The first-order valence-electron chi connectivity index (χ1n) is 12.4. The Labute approximate surface area is 212 Å². The molecule has 0 saturated carbocycles. The summed E-state index contributed by atoms with van der Waals surface area (Å²) in [5.74, 6) is 0. The van der Waals surface area contributed by atoms with E-state index in [9.17, 15) is 0 Å². The van der Waals surface area contributed by atoms with Gasteiger partial charge in [0.2, 0.25) is 0 Å². The molecule has 1 saturated heterocycles. The number of pyridine rings is 3. The summed E-state index contributed by atoms with van der Waals surface area (Å²) in [6.45, 7) is 6.81. The molecule has 192 valence electrons. The number of hydrogen-bond acceptors (Lipinski definition) is 9. The Balaban J connectivity index is 1.53. The summed E-state index contributed by atoms with van der Waals surface area (Å²) >= 11 is 0. The van der Waals surface area contributed by atoms with Crippen molar-refractivity contribution in [1.29, 1.82) is 0 Å². The van der Waals surface area contributed by atoms with Crippen LogP contribution in [0.4, 0.5) is 5.69 Å². The van der Waals surface area contributed by atoms with Gasteiger partial charge in [-0.25, -0.2) is 4.98 Å². The van der Waals surface area contributed by atoms with Gasteiger partial charge >= 0.3 is 0 Å². The molecule has 3 aromatic heterocycles. The van der Waals surface area contributed by atoms with Crippen molar-refractivity contribution in [2.24, 2.45) is 0 Å². The summed E-state index contributed by atoms with van der Waals surface area (Å²) in [6, 6.07) is 15.8. The van der Waals surface area contributed by atoms with Gasteiger partial charge in [-0.05, 0) is 36.4 Å². The fourth-order valence-electron chi connectivity index (χ4n) is 3.69. The minimum atomic E-state index is 0.530. The Morgan fingerprint density at radius 1 is 0.500 bits per heavy atom. The van der Waals surface area contributed by atoms with Crippen LogP contribution in [0.1, 0.15) is 0 Å². The lowest BCUT2D eigenvalue weighted by atomic mass is 10.1. The number of nitrogens with zero attached hydrogens (tertiary/aromatic N) is 4. The monoisotopic (exact) mass is 494 g/mol. The van der Waals surface area contributed by atoms with Crippen LogP contribution >= 0.6 is 0 Å². The Morgan fingerprint density at radius 2 is 0.917 bits per heavy atom. The second-order valence-corrected chi connectivity index (χ2v) is 8.07. The predicted molar refractivity (Wildman–Crippen MR) is 137 cm³/mol. The molecule has 0 radical (unpaired) electrons. The molecule has 1 fully saturated rings. The van der Waals surface area contributed by atoms with Crippen molar-refractivity contribution in [3.05, 3.63) is 60.9 Å². The molecule has 0 aromatic carbocycles. The first kappa shape index (κ1) is 26.1. The first-order chi connectivity index (χ1) is 17.9. The van der Waals surface area contributed by atoms with E-state index in [-0.39, 0.29) is 0 Å². The van der Waals surface area contributed by atoms with Crippen molar-refractivity contribution in [3.63, 3.8) is 0 Å². The van der Waals surface area contributed by atoms with Crippen LogP contribution in [0.15, 0.2) is 60.9 Å². The van der Waals surface area contributed by atoms with E-state index in [0.717, 1.165) is 28.5 Å². The summed E-state index contributed by atoms with van der Waals surface area (Å²) in [6.07, 6.45) is 3.55. The summed E-state index contributed by atoms with van der Waals surface area (Å²) in [4.78, 5) is 16.2. The highest BCUT2D eigenvalue weighted by Gasteiger charge is 2.14. The van der Waals surface area contributed by atoms with E-state index in [1.165, 1.54) is 0 Å². The molecule has 0 spiro atoms. The van der Waals surface area contributed by atoms with Crippen LogP contribution in [0.3, 0.4) is 0 Å². The van der Waals surface area contributed by atoms with Crippen LogP contribution in [0.25, 0.3) is 22.8 Å². The number of ether oxygens (including phenoxy) is 5. The van der Waals surface area contributed by atoms with Crippen molar-refractivity contribution in [2.75, 3.05) is 84.1 Å². The molecular weight excluding hydrogens is 460 g/mol. The fraction of sp³-hybridized carbons (Fsp3) is 0.444. The first-order valence-corrected chi connectivity index (χ1v) is 12.4. The minimum Gasteiger partial charge on any atom is -0.377 e. The Kier molecular flexibility index (Phi) is 11.0. The highest BCUT2D eigenvalue weighted by molar-refractivity contribution is 5.69. The van der Waals surface area contributed by atoms with Crippen molar-refractivity contribution >= 4 is 5.69 Å². The second kappa shape index (κ2) is 15.2. The van der Waals surface area contributed by atoms with E-state index in [2.05, 4.69) is 27.0 Å². The fourth-order valence-corrected chi connectivity index (χ4v) is 3.69. The maximum atomic E-state index is 5.85. The molecule has 1 aliphatic rings. The van der Waals surface area contributed by atoms with Crippen LogP contribution in [0.5, 0.6) is 0 Å². The Bertz CT molecular complexity index is 934. The predicted octanol–water partition coefficient (Wildman–Crippen LogP) is 3.11. The molecule has 4 rings (SSSR count). The second-order valence-electron chi connectivity index (χ2n) is 8.07. The average molecular weight is 495 g/mol. The van der Waals surface area contributed by atoms with Crippen molar-refractivity contribution in [1.82, 2.24) is 15.0 Å². The zero-order valence-electron chi connectivity index (χ0n) is 20.6. The van der Waals surface area contributed by atoms with Gasteiger partial charge < -0.3 is 28.6 Å². The van der Waals surface area contributed by atoms with E-state index in [4.69, 9.17) is 28.7 Å². The van der Waals surface area contributed by atoms with Gasteiger partial charge in [0.05, 0.1) is 88.8 Å². The number of rotatable bonds is 3. The van der Waals surface area contributed by atoms with Crippen LogP contribution < -0.4 is 4.90 Å². The molecule has 0 bridgehead atoms. The summed E-state index contributed by atoms with van der Waals surface area (Å²) < 4.78 is 28.3. The standard InChI is InChI=1S/C27H34N4O5/c1-3-7-28-24(5-1)26-21-23(22-27(30-26)25-6-2-4-8-29-25)31-9-11-32-13-15-34-17-19-36-20-18-35-16-14-33-12-10-31/h1-8,21-22H,9-20H2. The van der Waals surface area contributed by atoms with E-state index in [0.29, 0.717) is 79.2 Å². The van der Waals surface area contributed by atoms with Gasteiger partial charge in [-0.3, -0.25) is 9.97 Å². The van der Waals surface area contributed by atoms with E-state index in [1.807, 2.05) is 36.4 Å². The summed E-state index contributed by atoms with van der Waals surface area (Å²) in [7, 11) is 0. The van der Waals surface area contributed by atoms with E-state index in [1.54, 1.807) is 12.4 Å². The van der Waals surface area contributed by atoms with Crippen molar-refractivity contribution in [2.45, 2.75) is 0 Å². The van der Waals surface area contributed by atoms with Gasteiger partial charge in [0.25, 0.3) is 0 Å². The summed E-state index contributed by atoms with van der Waals surface area (Å²) in [5.41, 5.74) is 4.21. The van der Waals surface area contributed by atoms with Gasteiger partial charge in [-0.15, -0.1) is 0 Å². The Hall–Kier alpha value is -2.95. The summed E-state index contributed by atoms with van der Waals surface area (Å²) in [5, 5.41) is 0. The molecule has 4 heterocycles. The zero-order valence-corrected chi connectivity index (χ0v) is 20.6. The van der Waals surface area contributed by atoms with Gasteiger partial charge in [-0.1, -0.05) is 12.1 Å². The molecular formula is C27H34N4O5. The van der Waals surface area contributed by atoms with Crippen LogP contribution in [-0.4, -0.2) is 94.1 Å². The van der Waals surface area contributed by atoms with Crippen molar-refractivity contribution in [3.8, 4) is 22.8 Å². The molecule has 0 aliphatic carbocycles. The minimum absolute atomic E-state index is 0.530.